The standard InChI is InChI=1S/C14H19FO/c15-13-9-5-4-8-12(13)14(16)10-6-2-1-3-7-11-14/h4-5,8-9,16H,1-3,6-7,10-11H2. The third-order valence-electron chi connectivity index (χ3n) is 3.56. The second kappa shape index (κ2) is 4.96. The van der Waals surface area contributed by atoms with E-state index in [1.54, 1.807) is 18.2 Å². The lowest BCUT2D eigenvalue weighted by Crippen LogP contribution is -2.27. The number of hydrogen-bond acceptors (Lipinski definition) is 1. The van der Waals surface area contributed by atoms with Crippen LogP contribution in [0.25, 0.3) is 0 Å². The van der Waals surface area contributed by atoms with Crippen LogP contribution in [0.15, 0.2) is 24.3 Å². The van der Waals surface area contributed by atoms with E-state index in [1.165, 1.54) is 12.5 Å². The van der Waals surface area contributed by atoms with E-state index in [0.29, 0.717) is 18.4 Å². The van der Waals surface area contributed by atoms with Crippen LogP contribution in [0.5, 0.6) is 0 Å². The SMILES string of the molecule is OC1(c2ccccc2F)CCCCCCC1. The highest BCUT2D eigenvalue weighted by Crippen LogP contribution is 2.36. The van der Waals surface area contributed by atoms with E-state index in [-0.39, 0.29) is 5.82 Å². The van der Waals surface area contributed by atoms with E-state index in [0.717, 1.165) is 25.7 Å². The summed E-state index contributed by atoms with van der Waals surface area (Å²) in [6.45, 7) is 0. The zero-order valence-electron chi connectivity index (χ0n) is 9.58. The van der Waals surface area contributed by atoms with Crippen molar-refractivity contribution < 1.29 is 9.50 Å². The minimum absolute atomic E-state index is 0.273. The first-order valence-electron chi connectivity index (χ1n) is 6.20. The zero-order chi connectivity index (χ0) is 11.4. The molecular formula is C14H19FO. The molecule has 1 aromatic rings. The van der Waals surface area contributed by atoms with Gasteiger partial charge in [0.05, 0.1) is 5.60 Å². The fourth-order valence-corrected chi connectivity index (χ4v) is 2.60. The number of hydrogen-bond donors (Lipinski definition) is 1. The van der Waals surface area contributed by atoms with Crippen molar-refractivity contribution in [3.05, 3.63) is 35.6 Å². The second-order valence-electron chi connectivity index (χ2n) is 4.78. The maximum absolute atomic E-state index is 13.7. The van der Waals surface area contributed by atoms with Crippen LogP contribution < -0.4 is 0 Å². The molecule has 16 heavy (non-hydrogen) atoms. The van der Waals surface area contributed by atoms with Gasteiger partial charge in [-0.1, -0.05) is 50.3 Å². The fourth-order valence-electron chi connectivity index (χ4n) is 2.60. The Labute approximate surface area is 96.3 Å². The lowest BCUT2D eigenvalue weighted by Gasteiger charge is -2.30. The Morgan fingerprint density at radius 3 is 2.12 bits per heavy atom. The van der Waals surface area contributed by atoms with E-state index in [4.69, 9.17) is 0 Å². The first kappa shape index (κ1) is 11.6. The summed E-state index contributed by atoms with van der Waals surface area (Å²) in [7, 11) is 0. The van der Waals surface area contributed by atoms with Crippen LogP contribution in [0.3, 0.4) is 0 Å². The molecule has 0 aliphatic heterocycles. The van der Waals surface area contributed by atoms with Gasteiger partial charge in [0.2, 0.25) is 0 Å². The van der Waals surface area contributed by atoms with Gasteiger partial charge in [0.15, 0.2) is 0 Å². The molecule has 0 atom stereocenters. The highest BCUT2D eigenvalue weighted by Gasteiger charge is 2.31. The summed E-state index contributed by atoms with van der Waals surface area (Å²) in [5, 5.41) is 10.6. The number of benzene rings is 1. The Kier molecular flexibility index (Phi) is 3.59. The maximum atomic E-state index is 13.7. The molecule has 0 amide bonds. The second-order valence-corrected chi connectivity index (χ2v) is 4.78. The summed E-state index contributed by atoms with van der Waals surface area (Å²) in [5.74, 6) is -0.273. The molecule has 1 saturated carbocycles. The third-order valence-corrected chi connectivity index (χ3v) is 3.56. The summed E-state index contributed by atoms with van der Waals surface area (Å²) in [6, 6.07) is 6.63. The van der Waals surface area contributed by atoms with Crippen LogP contribution in [-0.2, 0) is 5.60 Å². The molecule has 0 heterocycles. The number of halogens is 1. The molecule has 1 fully saturated rings. The quantitative estimate of drug-likeness (QED) is 0.767. The molecule has 1 aromatic carbocycles. The van der Waals surface area contributed by atoms with Crippen LogP contribution >= 0.6 is 0 Å². The van der Waals surface area contributed by atoms with Gasteiger partial charge >= 0.3 is 0 Å². The summed E-state index contributed by atoms with van der Waals surface area (Å²) in [4.78, 5) is 0. The van der Waals surface area contributed by atoms with Crippen molar-refractivity contribution >= 4 is 0 Å². The van der Waals surface area contributed by atoms with Crippen molar-refractivity contribution in [2.75, 3.05) is 0 Å². The van der Waals surface area contributed by atoms with Crippen LogP contribution in [0, 0.1) is 5.82 Å². The smallest absolute Gasteiger partial charge is 0.129 e. The van der Waals surface area contributed by atoms with Gasteiger partial charge in [-0.25, -0.2) is 4.39 Å². The van der Waals surface area contributed by atoms with Gasteiger partial charge in [0.25, 0.3) is 0 Å². The molecular weight excluding hydrogens is 203 g/mol. The van der Waals surface area contributed by atoms with Crippen molar-refractivity contribution in [1.82, 2.24) is 0 Å². The molecule has 1 aliphatic rings. The van der Waals surface area contributed by atoms with Gasteiger partial charge in [0, 0.05) is 5.56 Å². The summed E-state index contributed by atoms with van der Waals surface area (Å²) >= 11 is 0. The van der Waals surface area contributed by atoms with Crippen molar-refractivity contribution in [1.29, 1.82) is 0 Å². The Morgan fingerprint density at radius 2 is 1.50 bits per heavy atom. The molecule has 0 saturated heterocycles. The Hall–Kier alpha value is -0.890. The van der Waals surface area contributed by atoms with Gasteiger partial charge < -0.3 is 5.11 Å². The van der Waals surface area contributed by atoms with E-state index < -0.39 is 5.60 Å². The molecule has 0 radical (unpaired) electrons. The normalized spacial score (nSPS) is 21.1. The van der Waals surface area contributed by atoms with Crippen LogP contribution in [0.4, 0.5) is 4.39 Å². The highest BCUT2D eigenvalue weighted by atomic mass is 19.1. The third kappa shape index (κ3) is 2.43. The monoisotopic (exact) mass is 222 g/mol. The van der Waals surface area contributed by atoms with Crippen molar-refractivity contribution in [3.63, 3.8) is 0 Å². The van der Waals surface area contributed by atoms with E-state index >= 15 is 0 Å². The lowest BCUT2D eigenvalue weighted by atomic mass is 9.81. The van der Waals surface area contributed by atoms with Crippen LogP contribution in [-0.4, -0.2) is 5.11 Å². The maximum Gasteiger partial charge on any atom is 0.129 e. The minimum atomic E-state index is -0.939. The van der Waals surface area contributed by atoms with E-state index in [1.807, 2.05) is 0 Å². The van der Waals surface area contributed by atoms with Crippen LogP contribution in [0.1, 0.15) is 50.5 Å². The molecule has 2 heteroatoms. The predicted molar refractivity (Wildman–Crippen MR) is 62.6 cm³/mol. The Balaban J connectivity index is 2.24. The molecule has 88 valence electrons. The fraction of sp³-hybridized carbons (Fsp3) is 0.571. The minimum Gasteiger partial charge on any atom is -0.385 e. The van der Waals surface area contributed by atoms with Gasteiger partial charge in [-0.3, -0.25) is 0 Å². The van der Waals surface area contributed by atoms with Gasteiger partial charge in [-0.15, -0.1) is 0 Å². The highest BCUT2D eigenvalue weighted by molar-refractivity contribution is 5.24. The summed E-state index contributed by atoms with van der Waals surface area (Å²) in [5.41, 5.74) is -0.455. The topological polar surface area (TPSA) is 20.2 Å². The zero-order valence-corrected chi connectivity index (χ0v) is 9.58. The van der Waals surface area contributed by atoms with Crippen molar-refractivity contribution in [2.45, 2.75) is 50.5 Å². The van der Waals surface area contributed by atoms with E-state index in [2.05, 4.69) is 0 Å². The van der Waals surface area contributed by atoms with E-state index in [9.17, 15) is 9.50 Å². The molecule has 0 aromatic heterocycles. The summed E-state index contributed by atoms with van der Waals surface area (Å²) < 4.78 is 13.7. The molecule has 2 rings (SSSR count). The van der Waals surface area contributed by atoms with Crippen molar-refractivity contribution in [3.8, 4) is 0 Å². The van der Waals surface area contributed by atoms with Crippen molar-refractivity contribution in [2.24, 2.45) is 0 Å². The number of rotatable bonds is 1. The van der Waals surface area contributed by atoms with Gasteiger partial charge in [-0.2, -0.15) is 0 Å². The molecule has 0 bridgehead atoms. The lowest BCUT2D eigenvalue weighted by molar-refractivity contribution is 0.00639. The molecule has 1 N–H and O–H groups in total. The average Bonchev–Trinajstić information content (AvgIpc) is 2.24. The van der Waals surface area contributed by atoms with Gasteiger partial charge in [-0.05, 0) is 18.9 Å². The average molecular weight is 222 g/mol. The molecule has 0 unspecified atom stereocenters. The summed E-state index contributed by atoms with van der Waals surface area (Å²) in [6.07, 6.45) is 6.90. The molecule has 1 aliphatic carbocycles. The Bertz CT molecular complexity index is 340. The molecule has 1 nitrogen and oxygen atoms in total. The largest absolute Gasteiger partial charge is 0.385 e. The first-order chi connectivity index (χ1) is 7.72. The molecule has 0 spiro atoms. The predicted octanol–water partition coefficient (Wildman–Crippen LogP) is 3.76. The Morgan fingerprint density at radius 1 is 0.938 bits per heavy atom. The number of aliphatic hydroxyl groups is 1. The van der Waals surface area contributed by atoms with Crippen LogP contribution in [0.2, 0.25) is 0 Å². The van der Waals surface area contributed by atoms with Gasteiger partial charge in [0.1, 0.15) is 5.82 Å². The first-order valence-corrected chi connectivity index (χ1v) is 6.20.